The Hall–Kier alpha value is -7.28. The molecule has 0 saturated carbocycles. The minimum Gasteiger partial charge on any atom is -0.294 e. The number of fused-ring (bicyclic) bond motifs is 6. The van der Waals surface area contributed by atoms with Crippen LogP contribution < -0.4 is 0 Å². The van der Waals surface area contributed by atoms with E-state index in [0.717, 1.165) is 55.6 Å². The molecule has 56 heavy (non-hydrogen) atoms. The van der Waals surface area contributed by atoms with Crippen LogP contribution in [0, 0.1) is 0 Å². The van der Waals surface area contributed by atoms with E-state index in [0.29, 0.717) is 17.5 Å². The number of hydrogen-bond donors (Lipinski definition) is 0. The Morgan fingerprint density at radius 1 is 0.375 bits per heavy atom. The first-order chi connectivity index (χ1) is 27.7. The fourth-order valence-corrected chi connectivity index (χ4v) is 9.02. The molecule has 0 unspecified atom stereocenters. The molecule has 0 radical (unpaired) electrons. The topological polar surface area (TPSA) is 56.5 Å². The van der Waals surface area contributed by atoms with Crippen LogP contribution in [0.15, 0.2) is 188 Å². The number of nitrogens with zero attached hydrogens (tertiary/aromatic N) is 5. The van der Waals surface area contributed by atoms with E-state index >= 15 is 0 Å². The summed E-state index contributed by atoms with van der Waals surface area (Å²) in [5.74, 6) is 1.90. The Morgan fingerprint density at radius 2 is 0.946 bits per heavy atom. The first-order valence-corrected chi connectivity index (χ1v) is 19.4. The molecule has 11 rings (SSSR count). The summed E-state index contributed by atoms with van der Waals surface area (Å²) < 4.78 is 4.66. The van der Waals surface area contributed by atoms with Gasteiger partial charge >= 0.3 is 0 Å². The third kappa shape index (κ3) is 5.46. The first-order valence-electron chi connectivity index (χ1n) is 18.6. The third-order valence-electron chi connectivity index (χ3n) is 10.5. The van der Waals surface area contributed by atoms with Crippen LogP contribution in [-0.4, -0.2) is 24.5 Å². The summed E-state index contributed by atoms with van der Waals surface area (Å²) in [6.45, 7) is 0. The smallest absolute Gasteiger partial charge is 0.164 e. The van der Waals surface area contributed by atoms with Gasteiger partial charge in [0.25, 0.3) is 0 Å². The van der Waals surface area contributed by atoms with E-state index in [9.17, 15) is 0 Å². The van der Waals surface area contributed by atoms with Crippen molar-refractivity contribution >= 4 is 53.4 Å². The summed E-state index contributed by atoms with van der Waals surface area (Å²) in [6.07, 6.45) is 1.87. The molecule has 0 aliphatic rings. The molecule has 4 heterocycles. The maximum Gasteiger partial charge on any atom is 0.164 e. The molecule has 0 N–H and O–H groups in total. The predicted molar refractivity (Wildman–Crippen MR) is 232 cm³/mol. The lowest BCUT2D eigenvalue weighted by Gasteiger charge is -2.12. The Labute approximate surface area is 326 Å². The van der Waals surface area contributed by atoms with Crippen molar-refractivity contribution in [2.45, 2.75) is 0 Å². The second-order valence-corrected chi connectivity index (χ2v) is 15.0. The zero-order chi connectivity index (χ0) is 37.0. The molecular formula is C50H31N5S. The van der Waals surface area contributed by atoms with Gasteiger partial charge in [-0.25, -0.2) is 19.9 Å². The molecule has 0 saturated heterocycles. The fourth-order valence-electron chi connectivity index (χ4n) is 7.85. The van der Waals surface area contributed by atoms with Gasteiger partial charge in [-0.3, -0.25) is 4.57 Å². The van der Waals surface area contributed by atoms with Gasteiger partial charge < -0.3 is 0 Å². The van der Waals surface area contributed by atoms with Gasteiger partial charge in [-0.15, -0.1) is 11.3 Å². The minimum atomic E-state index is 0.633. The van der Waals surface area contributed by atoms with Crippen molar-refractivity contribution in [3.8, 4) is 62.1 Å². The average molecular weight is 734 g/mol. The Morgan fingerprint density at radius 3 is 1.75 bits per heavy atom. The molecule has 0 aliphatic carbocycles. The van der Waals surface area contributed by atoms with Crippen LogP contribution in [-0.2, 0) is 0 Å². The van der Waals surface area contributed by atoms with Crippen molar-refractivity contribution in [2.24, 2.45) is 0 Å². The molecule has 0 bridgehead atoms. The number of para-hydroxylation sites is 1. The highest BCUT2D eigenvalue weighted by Crippen LogP contribution is 2.40. The molecule has 0 atom stereocenters. The highest BCUT2D eigenvalue weighted by Gasteiger charge is 2.18. The zero-order valence-corrected chi connectivity index (χ0v) is 30.9. The predicted octanol–water partition coefficient (Wildman–Crippen LogP) is 13.1. The number of thiophene rings is 1. The summed E-state index contributed by atoms with van der Waals surface area (Å²) >= 11 is 1.79. The number of rotatable bonds is 6. The number of hydrogen-bond acceptors (Lipinski definition) is 5. The lowest BCUT2D eigenvalue weighted by atomic mass is 9.99. The van der Waals surface area contributed by atoms with Gasteiger partial charge in [0.1, 0.15) is 5.65 Å². The van der Waals surface area contributed by atoms with Crippen LogP contribution in [0.5, 0.6) is 0 Å². The van der Waals surface area contributed by atoms with Gasteiger partial charge in [0.15, 0.2) is 17.5 Å². The summed E-state index contributed by atoms with van der Waals surface area (Å²) in [4.78, 5) is 20.3. The highest BCUT2D eigenvalue weighted by molar-refractivity contribution is 7.25. The Bertz CT molecular complexity index is 3190. The monoisotopic (exact) mass is 733 g/mol. The Kier molecular flexibility index (Phi) is 7.60. The summed E-state index contributed by atoms with van der Waals surface area (Å²) in [6, 6.07) is 63.7. The molecule has 0 spiro atoms. The molecule has 6 heteroatoms. The fraction of sp³-hybridized carbons (Fsp3) is 0. The Balaban J connectivity index is 1.05. The SMILES string of the molecule is c1ccc(-c2ccc(-c3nc(-c4ccc5c(c4)sc4cc(-n6c7ccccc7c7cccnc76)ccc45)nc(-c4ccccc4-c4ccccc4)n3)cc2)cc1. The molecule has 11 aromatic rings. The van der Waals surface area contributed by atoms with Gasteiger partial charge in [-0.1, -0.05) is 146 Å². The highest BCUT2D eigenvalue weighted by atomic mass is 32.1. The van der Waals surface area contributed by atoms with Crippen molar-refractivity contribution in [3.63, 3.8) is 0 Å². The summed E-state index contributed by atoms with van der Waals surface area (Å²) in [7, 11) is 0. The van der Waals surface area contributed by atoms with Gasteiger partial charge in [0.05, 0.1) is 5.52 Å². The molecular weight excluding hydrogens is 703 g/mol. The standard InChI is InChI=1S/C50H31N5S/c1-3-12-32(13-4-1)33-21-23-35(24-22-33)47-52-48(54-49(53-47)42-18-8-7-16-38(42)34-14-5-2-6-15-34)36-25-27-40-41-28-26-37(31-46(41)56-45(40)30-36)55-44-20-10-9-17-39(44)43-19-11-29-51-50(43)55/h1-31H. The third-order valence-corrected chi connectivity index (χ3v) is 11.7. The molecule has 262 valence electrons. The molecule has 0 aliphatic heterocycles. The van der Waals surface area contributed by atoms with Crippen LogP contribution in [0.1, 0.15) is 0 Å². The largest absolute Gasteiger partial charge is 0.294 e. The molecule has 4 aromatic heterocycles. The van der Waals surface area contributed by atoms with Crippen LogP contribution in [0.2, 0.25) is 0 Å². The summed E-state index contributed by atoms with van der Waals surface area (Å²) in [5.41, 5.74) is 10.5. The average Bonchev–Trinajstić information content (AvgIpc) is 3.82. The van der Waals surface area contributed by atoms with E-state index in [1.165, 1.54) is 31.1 Å². The van der Waals surface area contributed by atoms with Crippen molar-refractivity contribution in [1.82, 2.24) is 24.5 Å². The molecule has 7 aromatic carbocycles. The lowest BCUT2D eigenvalue weighted by Crippen LogP contribution is -2.01. The molecule has 0 fully saturated rings. The normalized spacial score (nSPS) is 11.6. The van der Waals surface area contributed by atoms with Gasteiger partial charge in [-0.2, -0.15) is 0 Å². The second-order valence-electron chi connectivity index (χ2n) is 13.9. The minimum absolute atomic E-state index is 0.633. The molecule has 0 amide bonds. The van der Waals surface area contributed by atoms with Gasteiger partial charge in [-0.05, 0) is 58.7 Å². The maximum absolute atomic E-state index is 5.19. The van der Waals surface area contributed by atoms with Crippen molar-refractivity contribution < 1.29 is 0 Å². The van der Waals surface area contributed by atoms with E-state index in [1.807, 2.05) is 30.5 Å². The van der Waals surface area contributed by atoms with Crippen molar-refractivity contribution in [3.05, 3.63) is 188 Å². The van der Waals surface area contributed by atoms with Crippen molar-refractivity contribution in [1.29, 1.82) is 0 Å². The maximum atomic E-state index is 5.19. The van der Waals surface area contributed by atoms with E-state index in [2.05, 4.69) is 162 Å². The van der Waals surface area contributed by atoms with E-state index in [1.54, 1.807) is 11.3 Å². The number of benzene rings is 7. The molecule has 5 nitrogen and oxygen atoms in total. The number of pyridine rings is 1. The number of aromatic nitrogens is 5. The zero-order valence-electron chi connectivity index (χ0n) is 30.0. The van der Waals surface area contributed by atoms with E-state index < -0.39 is 0 Å². The quantitative estimate of drug-likeness (QED) is 0.171. The van der Waals surface area contributed by atoms with E-state index in [-0.39, 0.29) is 0 Å². The second kappa shape index (κ2) is 13.2. The van der Waals surface area contributed by atoms with Crippen LogP contribution in [0.25, 0.3) is 104 Å². The van der Waals surface area contributed by atoms with E-state index in [4.69, 9.17) is 19.9 Å². The lowest BCUT2D eigenvalue weighted by molar-refractivity contribution is 1.07. The van der Waals surface area contributed by atoms with Gasteiger partial charge in [0, 0.05) is 59.5 Å². The van der Waals surface area contributed by atoms with Crippen LogP contribution in [0.3, 0.4) is 0 Å². The van der Waals surface area contributed by atoms with Crippen molar-refractivity contribution in [2.75, 3.05) is 0 Å². The van der Waals surface area contributed by atoms with Gasteiger partial charge in [0.2, 0.25) is 0 Å². The first kappa shape index (κ1) is 32.2. The van der Waals surface area contributed by atoms with Crippen LogP contribution >= 0.6 is 11.3 Å². The van der Waals surface area contributed by atoms with Crippen LogP contribution in [0.4, 0.5) is 0 Å². The summed E-state index contributed by atoms with van der Waals surface area (Å²) in [5, 5.41) is 4.78.